The van der Waals surface area contributed by atoms with Gasteiger partial charge in [0.2, 0.25) is 0 Å². The van der Waals surface area contributed by atoms with E-state index in [1.54, 1.807) is 12.3 Å². The van der Waals surface area contributed by atoms with Gasteiger partial charge in [-0.25, -0.2) is 9.37 Å². The van der Waals surface area contributed by atoms with Crippen LogP contribution in [0, 0.1) is 45.6 Å². The first kappa shape index (κ1) is 35.9. The first-order valence-corrected chi connectivity index (χ1v) is 15.2. The summed E-state index contributed by atoms with van der Waals surface area (Å²) < 4.78 is 110. The predicted octanol–water partition coefficient (Wildman–Crippen LogP) is 10.8. The van der Waals surface area contributed by atoms with Crippen molar-refractivity contribution in [2.75, 3.05) is 0 Å². The van der Waals surface area contributed by atoms with Gasteiger partial charge in [0.1, 0.15) is 5.82 Å². The smallest absolute Gasteiger partial charge is 0.509 e. The molecule has 0 unspecified atom stereocenters. The van der Waals surface area contributed by atoms with E-state index in [2.05, 4.69) is 22.2 Å². The van der Waals surface area contributed by atoms with Crippen molar-refractivity contribution in [2.45, 2.75) is 40.0 Å². The molecule has 13 heteroatoms. The monoisotopic (exact) mass is 881 g/mol. The van der Waals surface area contributed by atoms with E-state index in [-0.39, 0.29) is 54.9 Å². The predicted molar refractivity (Wildman–Crippen MR) is 174 cm³/mol. The fourth-order valence-electron chi connectivity index (χ4n) is 6.34. The molecule has 262 valence electrons. The van der Waals surface area contributed by atoms with Crippen LogP contribution >= 0.6 is 0 Å². The third-order valence-electron chi connectivity index (χ3n) is 8.76. The van der Waals surface area contributed by atoms with Crippen LogP contribution in [0.15, 0.2) is 79.3 Å². The summed E-state index contributed by atoms with van der Waals surface area (Å²) >= 11 is 0. The van der Waals surface area contributed by atoms with Crippen molar-refractivity contribution < 1.29 is 56.5 Å². The van der Waals surface area contributed by atoms with Crippen LogP contribution in [0.1, 0.15) is 33.4 Å². The van der Waals surface area contributed by atoms with Gasteiger partial charge in [-0.3, -0.25) is 4.68 Å². The van der Waals surface area contributed by atoms with Crippen molar-refractivity contribution in [3.8, 4) is 34.1 Å². The molecular weight excluding hydrogens is 857 g/mol. The second-order valence-corrected chi connectivity index (χ2v) is 11.9. The van der Waals surface area contributed by atoms with Crippen LogP contribution in [-0.4, -0.2) is 19.3 Å². The number of nitrogens with zero attached hydrogens (tertiary/aromatic N) is 4. The Bertz CT molecular complexity index is 2420. The molecule has 4 aromatic carbocycles. The summed E-state index contributed by atoms with van der Waals surface area (Å²) in [5.74, 6) is -0.0876. The van der Waals surface area contributed by atoms with Crippen LogP contribution in [0.3, 0.4) is 0 Å². The zero-order valence-electron chi connectivity index (χ0n) is 27.2. The van der Waals surface area contributed by atoms with Gasteiger partial charge in [-0.1, -0.05) is 29.8 Å². The third kappa shape index (κ3) is 6.41. The summed E-state index contributed by atoms with van der Waals surface area (Å²) in [6.07, 6.45) is -6.65. The Morgan fingerprint density at radius 1 is 0.745 bits per heavy atom. The van der Waals surface area contributed by atoms with Gasteiger partial charge in [0, 0.05) is 46.4 Å². The van der Waals surface area contributed by atoms with E-state index >= 15 is 0 Å². The van der Waals surface area contributed by atoms with Crippen molar-refractivity contribution in [1.82, 2.24) is 19.3 Å². The minimum Gasteiger partial charge on any atom is -0.509 e. The van der Waals surface area contributed by atoms with E-state index in [1.807, 2.05) is 54.0 Å². The quantitative estimate of drug-likeness (QED) is 0.128. The normalized spacial score (nSPS) is 12.1. The van der Waals surface area contributed by atoms with Crippen LogP contribution in [0.5, 0.6) is 11.5 Å². The number of hydrogen-bond acceptors (Lipinski definition) is 3. The molecule has 0 saturated heterocycles. The van der Waals surface area contributed by atoms with Gasteiger partial charge in [0.25, 0.3) is 0 Å². The average molecular weight is 882 g/mol. The molecule has 0 spiro atoms. The fraction of sp³-hybridized carbons (Fsp3) is 0.158. The number of para-hydroxylation sites is 1. The van der Waals surface area contributed by atoms with E-state index < -0.39 is 40.4 Å². The number of hydrogen-bond donors (Lipinski definition) is 0. The molecule has 3 aromatic heterocycles. The van der Waals surface area contributed by atoms with Gasteiger partial charge in [-0.2, -0.15) is 37.5 Å². The molecule has 0 aliphatic rings. The van der Waals surface area contributed by atoms with Crippen LogP contribution < -0.4 is 4.74 Å². The van der Waals surface area contributed by atoms with Gasteiger partial charge in [0.05, 0.1) is 17.3 Å². The van der Waals surface area contributed by atoms with Crippen LogP contribution in [0.4, 0.5) is 30.7 Å². The molecule has 0 fully saturated rings. The third-order valence-corrected chi connectivity index (χ3v) is 8.76. The molecule has 0 radical (unpaired) electrons. The number of pyridine rings is 1. The Balaban J connectivity index is 0.00000448. The SMILES string of the molecule is Cc1ccnc(-n2c3[c-]c(Oc4[c-]c(-n5cc(-c6c(C(F)(F)F)c(C)c(C)c(C)c6C(F)(F)F)cn5)cc(F)c4)ccc3c3ccccc32)c1.[Pt+2]. The maximum Gasteiger partial charge on any atom is 2.00 e. The van der Waals surface area contributed by atoms with E-state index in [9.17, 15) is 30.7 Å². The van der Waals surface area contributed by atoms with Crippen LogP contribution in [-0.2, 0) is 33.4 Å². The Morgan fingerprint density at radius 3 is 2.10 bits per heavy atom. The van der Waals surface area contributed by atoms with E-state index in [0.29, 0.717) is 11.3 Å². The number of aromatic nitrogens is 4. The molecule has 5 nitrogen and oxygen atoms in total. The first-order chi connectivity index (χ1) is 23.6. The minimum atomic E-state index is -5.11. The summed E-state index contributed by atoms with van der Waals surface area (Å²) in [4.78, 5) is 4.54. The van der Waals surface area contributed by atoms with Gasteiger partial charge < -0.3 is 9.30 Å². The molecule has 51 heavy (non-hydrogen) atoms. The first-order valence-electron chi connectivity index (χ1n) is 15.2. The molecular formula is C38H25F7N4OPt. The average Bonchev–Trinajstić information content (AvgIpc) is 3.65. The molecule has 3 heterocycles. The molecule has 0 amide bonds. The number of halogens is 7. The largest absolute Gasteiger partial charge is 2.00 e. The zero-order valence-corrected chi connectivity index (χ0v) is 29.4. The number of rotatable bonds is 5. The summed E-state index contributed by atoms with van der Waals surface area (Å²) in [7, 11) is 0. The Hall–Kier alpha value is -4.96. The molecule has 0 aliphatic carbocycles. The van der Waals surface area contributed by atoms with Gasteiger partial charge in [0.15, 0.2) is 0 Å². The summed E-state index contributed by atoms with van der Waals surface area (Å²) in [5.41, 5.74) is -2.71. The second kappa shape index (κ2) is 13.0. The number of benzene rings is 4. The number of ether oxygens (including phenoxy) is 1. The van der Waals surface area contributed by atoms with Crippen molar-refractivity contribution in [1.29, 1.82) is 0 Å². The van der Waals surface area contributed by atoms with Gasteiger partial charge in [-0.05, 0) is 79.2 Å². The Morgan fingerprint density at radius 2 is 1.43 bits per heavy atom. The maximum absolute atomic E-state index is 15.0. The van der Waals surface area contributed by atoms with E-state index in [4.69, 9.17) is 4.74 Å². The minimum absolute atomic E-state index is 0. The molecule has 0 bridgehead atoms. The molecule has 0 atom stereocenters. The summed E-state index contributed by atoms with van der Waals surface area (Å²) in [5, 5.41) is 5.82. The molecule has 7 aromatic rings. The van der Waals surface area contributed by atoms with Crippen LogP contribution in [0.25, 0.3) is 44.4 Å². The van der Waals surface area contributed by atoms with Crippen LogP contribution in [0.2, 0.25) is 0 Å². The Labute approximate surface area is 301 Å². The number of aryl methyl sites for hydroxylation is 1. The second-order valence-electron chi connectivity index (χ2n) is 11.9. The summed E-state index contributed by atoms with van der Waals surface area (Å²) in [6, 6.07) is 23.1. The topological polar surface area (TPSA) is 44.9 Å². The van der Waals surface area contributed by atoms with Gasteiger partial charge in [-0.15, -0.1) is 29.7 Å². The molecule has 0 saturated carbocycles. The molecule has 0 N–H and O–H groups in total. The molecule has 0 aliphatic heterocycles. The Kier molecular flexibility index (Phi) is 9.12. The van der Waals surface area contributed by atoms with E-state index in [1.165, 1.54) is 6.92 Å². The van der Waals surface area contributed by atoms with Crippen molar-refractivity contribution in [3.05, 3.63) is 131 Å². The number of alkyl halides is 6. The molecule has 7 rings (SSSR count). The van der Waals surface area contributed by atoms with E-state index in [0.717, 1.165) is 64.9 Å². The standard InChI is InChI=1S/C38H25F7N4O.Pt/c1-20-11-12-46-33(13-20)49-31-8-6-5-7-29(31)30-10-9-27(17-32(30)49)50-28-15-25(39)14-26(16-28)48-19-24(18-47-48)34-35(37(40,41)42)22(3)21(2)23(4)36(34)38(43,44)45;/h5-15,18-19H,1-4H3;/q-2;+2. The summed E-state index contributed by atoms with van der Waals surface area (Å²) in [6.45, 7) is 5.44. The van der Waals surface area contributed by atoms with Crippen molar-refractivity contribution >= 4 is 21.8 Å². The van der Waals surface area contributed by atoms with Gasteiger partial charge >= 0.3 is 33.4 Å². The zero-order chi connectivity index (χ0) is 35.7. The van der Waals surface area contributed by atoms with Crippen molar-refractivity contribution in [2.24, 2.45) is 0 Å². The van der Waals surface area contributed by atoms with Crippen molar-refractivity contribution in [3.63, 3.8) is 0 Å². The fourth-order valence-corrected chi connectivity index (χ4v) is 6.34. The maximum atomic E-state index is 15.0. The number of fused-ring (bicyclic) bond motifs is 3.